The van der Waals surface area contributed by atoms with E-state index in [0.717, 1.165) is 12.5 Å². The van der Waals surface area contributed by atoms with Gasteiger partial charge in [0.2, 0.25) is 0 Å². The Labute approximate surface area is 115 Å². The van der Waals surface area contributed by atoms with Crippen LogP contribution in [0, 0.1) is 6.92 Å². The lowest BCUT2D eigenvalue weighted by molar-refractivity contribution is 0.817. The molecule has 0 radical (unpaired) electrons. The van der Waals surface area contributed by atoms with Crippen LogP contribution in [0.25, 0.3) is 11.1 Å². The lowest BCUT2D eigenvalue weighted by atomic mass is 9.97. The third-order valence-electron chi connectivity index (χ3n) is 3.94. The van der Waals surface area contributed by atoms with E-state index in [1.807, 2.05) is 7.05 Å². The molecule has 1 fully saturated rings. The van der Waals surface area contributed by atoms with E-state index >= 15 is 0 Å². The molecule has 1 heteroatoms. The minimum atomic E-state index is 0.841. The Morgan fingerprint density at radius 2 is 1.79 bits per heavy atom. The summed E-state index contributed by atoms with van der Waals surface area (Å²) in [5.41, 5.74) is 6.89. The SMILES string of the molecule is CNCc1ccc(-c2ccc(C3CC3)cc2)c(C)c1. The van der Waals surface area contributed by atoms with Gasteiger partial charge in [0.1, 0.15) is 0 Å². The number of hydrogen-bond acceptors (Lipinski definition) is 1. The monoisotopic (exact) mass is 251 g/mol. The van der Waals surface area contributed by atoms with Gasteiger partial charge in [0.15, 0.2) is 0 Å². The Hall–Kier alpha value is -1.60. The largest absolute Gasteiger partial charge is 0.316 e. The molecule has 1 N–H and O–H groups in total. The Morgan fingerprint density at radius 3 is 2.37 bits per heavy atom. The summed E-state index contributed by atoms with van der Waals surface area (Å²) >= 11 is 0. The molecule has 0 aliphatic heterocycles. The molecule has 19 heavy (non-hydrogen) atoms. The molecule has 0 unspecified atom stereocenters. The lowest BCUT2D eigenvalue weighted by Crippen LogP contribution is -2.05. The van der Waals surface area contributed by atoms with Gasteiger partial charge in [-0.1, -0.05) is 42.5 Å². The lowest BCUT2D eigenvalue weighted by Gasteiger charge is -2.09. The second kappa shape index (κ2) is 5.18. The molecule has 3 rings (SSSR count). The topological polar surface area (TPSA) is 12.0 Å². The van der Waals surface area contributed by atoms with Gasteiger partial charge in [0, 0.05) is 6.54 Å². The molecule has 1 aliphatic rings. The quantitative estimate of drug-likeness (QED) is 0.856. The zero-order valence-corrected chi connectivity index (χ0v) is 11.7. The average molecular weight is 251 g/mol. The molecule has 0 atom stereocenters. The van der Waals surface area contributed by atoms with Gasteiger partial charge in [-0.15, -0.1) is 0 Å². The maximum absolute atomic E-state index is 3.20. The van der Waals surface area contributed by atoms with Gasteiger partial charge >= 0.3 is 0 Å². The Balaban J connectivity index is 1.88. The fraction of sp³-hybridized carbons (Fsp3) is 0.333. The zero-order chi connectivity index (χ0) is 13.2. The van der Waals surface area contributed by atoms with Gasteiger partial charge in [-0.3, -0.25) is 0 Å². The number of hydrogen-bond donors (Lipinski definition) is 1. The summed E-state index contributed by atoms with van der Waals surface area (Å²) in [7, 11) is 1.99. The van der Waals surface area contributed by atoms with E-state index in [9.17, 15) is 0 Å². The van der Waals surface area contributed by atoms with Crippen LogP contribution in [-0.4, -0.2) is 7.05 Å². The van der Waals surface area contributed by atoms with Crippen LogP contribution in [-0.2, 0) is 6.54 Å². The fourth-order valence-electron chi connectivity index (χ4n) is 2.72. The minimum Gasteiger partial charge on any atom is -0.316 e. The van der Waals surface area contributed by atoms with Crippen LogP contribution in [0.15, 0.2) is 42.5 Å². The Kier molecular flexibility index (Phi) is 3.39. The van der Waals surface area contributed by atoms with Crippen molar-refractivity contribution in [3.63, 3.8) is 0 Å². The highest BCUT2D eigenvalue weighted by Gasteiger charge is 2.22. The molecular weight excluding hydrogens is 230 g/mol. The summed E-state index contributed by atoms with van der Waals surface area (Å²) in [6.07, 6.45) is 2.74. The van der Waals surface area contributed by atoms with E-state index in [1.165, 1.54) is 40.7 Å². The average Bonchev–Trinajstić information content (AvgIpc) is 3.24. The maximum atomic E-state index is 3.20. The smallest absolute Gasteiger partial charge is 0.0202 e. The molecule has 0 bridgehead atoms. The molecule has 1 aliphatic carbocycles. The molecule has 2 aromatic rings. The zero-order valence-electron chi connectivity index (χ0n) is 11.7. The van der Waals surface area contributed by atoms with Gasteiger partial charge in [0.05, 0.1) is 0 Å². The third-order valence-corrected chi connectivity index (χ3v) is 3.94. The number of aryl methyl sites for hydroxylation is 1. The second-order valence-electron chi connectivity index (χ2n) is 5.58. The highest BCUT2D eigenvalue weighted by Crippen LogP contribution is 2.40. The first-order valence-corrected chi connectivity index (χ1v) is 7.12. The Morgan fingerprint density at radius 1 is 1.05 bits per heavy atom. The van der Waals surface area contributed by atoms with E-state index in [-0.39, 0.29) is 0 Å². The van der Waals surface area contributed by atoms with Gasteiger partial charge in [-0.2, -0.15) is 0 Å². The number of nitrogens with one attached hydrogen (secondary N) is 1. The molecule has 2 aromatic carbocycles. The van der Waals surface area contributed by atoms with Crippen molar-refractivity contribution < 1.29 is 0 Å². The van der Waals surface area contributed by atoms with Crippen molar-refractivity contribution in [1.29, 1.82) is 0 Å². The number of rotatable bonds is 4. The highest BCUT2D eigenvalue weighted by atomic mass is 14.8. The normalized spacial score (nSPS) is 14.6. The summed E-state index contributed by atoms with van der Waals surface area (Å²) in [5.74, 6) is 0.841. The summed E-state index contributed by atoms with van der Waals surface area (Å²) in [6, 6.07) is 15.9. The summed E-state index contributed by atoms with van der Waals surface area (Å²) < 4.78 is 0. The van der Waals surface area contributed by atoms with E-state index < -0.39 is 0 Å². The van der Waals surface area contributed by atoms with Crippen molar-refractivity contribution in [1.82, 2.24) is 5.32 Å². The van der Waals surface area contributed by atoms with Gasteiger partial charge in [-0.05, 0) is 60.5 Å². The van der Waals surface area contributed by atoms with Crippen LogP contribution in [0.5, 0.6) is 0 Å². The molecule has 0 aromatic heterocycles. The molecule has 0 heterocycles. The second-order valence-corrected chi connectivity index (χ2v) is 5.58. The molecule has 1 saturated carbocycles. The van der Waals surface area contributed by atoms with Crippen molar-refractivity contribution in [3.8, 4) is 11.1 Å². The van der Waals surface area contributed by atoms with Crippen LogP contribution >= 0.6 is 0 Å². The van der Waals surface area contributed by atoms with Gasteiger partial charge in [0.25, 0.3) is 0 Å². The summed E-state index contributed by atoms with van der Waals surface area (Å²) in [5, 5.41) is 3.20. The van der Waals surface area contributed by atoms with Gasteiger partial charge < -0.3 is 5.32 Å². The van der Waals surface area contributed by atoms with Crippen LogP contribution in [0.3, 0.4) is 0 Å². The van der Waals surface area contributed by atoms with E-state index in [0.29, 0.717) is 0 Å². The fourth-order valence-corrected chi connectivity index (χ4v) is 2.72. The molecule has 0 amide bonds. The molecule has 98 valence electrons. The first-order valence-electron chi connectivity index (χ1n) is 7.12. The predicted octanol–water partition coefficient (Wildman–Crippen LogP) is 4.26. The van der Waals surface area contributed by atoms with Crippen LogP contribution in [0.1, 0.15) is 35.4 Å². The van der Waals surface area contributed by atoms with Crippen LogP contribution in [0.4, 0.5) is 0 Å². The van der Waals surface area contributed by atoms with E-state index in [4.69, 9.17) is 0 Å². The van der Waals surface area contributed by atoms with Crippen molar-refractivity contribution in [3.05, 3.63) is 59.2 Å². The standard InChI is InChI=1S/C18H21N/c1-13-11-14(12-19-2)3-10-18(13)17-8-6-16(7-9-17)15-4-5-15/h3,6-11,15,19H,4-5,12H2,1-2H3. The van der Waals surface area contributed by atoms with Crippen LogP contribution in [0.2, 0.25) is 0 Å². The van der Waals surface area contributed by atoms with Crippen molar-refractivity contribution in [2.24, 2.45) is 0 Å². The first kappa shape index (κ1) is 12.4. The summed E-state index contributed by atoms with van der Waals surface area (Å²) in [6.45, 7) is 3.13. The first-order chi connectivity index (χ1) is 9.28. The minimum absolute atomic E-state index is 0.841. The van der Waals surface area contributed by atoms with E-state index in [2.05, 4.69) is 54.7 Å². The van der Waals surface area contributed by atoms with Crippen molar-refractivity contribution in [2.75, 3.05) is 7.05 Å². The number of benzene rings is 2. The van der Waals surface area contributed by atoms with Crippen molar-refractivity contribution >= 4 is 0 Å². The third kappa shape index (κ3) is 2.71. The summed E-state index contributed by atoms with van der Waals surface area (Å²) in [4.78, 5) is 0. The highest BCUT2D eigenvalue weighted by molar-refractivity contribution is 5.68. The van der Waals surface area contributed by atoms with Gasteiger partial charge in [-0.25, -0.2) is 0 Å². The molecule has 0 saturated heterocycles. The van der Waals surface area contributed by atoms with Crippen molar-refractivity contribution in [2.45, 2.75) is 32.2 Å². The Bertz CT molecular complexity index is 565. The molecule has 1 nitrogen and oxygen atoms in total. The predicted molar refractivity (Wildman–Crippen MR) is 81.4 cm³/mol. The molecule has 0 spiro atoms. The van der Waals surface area contributed by atoms with Crippen LogP contribution < -0.4 is 5.32 Å². The van der Waals surface area contributed by atoms with E-state index in [1.54, 1.807) is 0 Å². The molecular formula is C18H21N. The maximum Gasteiger partial charge on any atom is 0.0202 e.